The summed E-state index contributed by atoms with van der Waals surface area (Å²) in [6.07, 6.45) is 30.9. The van der Waals surface area contributed by atoms with Crippen LogP contribution in [0.1, 0.15) is 107 Å². The van der Waals surface area contributed by atoms with E-state index in [1.165, 1.54) is 57.4 Å². The van der Waals surface area contributed by atoms with E-state index in [0.29, 0.717) is 0 Å². The van der Waals surface area contributed by atoms with Gasteiger partial charge in [0.05, 0.1) is 0 Å². The first-order valence-corrected chi connectivity index (χ1v) is 27.3. The molecule has 4 rings (SSSR count). The van der Waals surface area contributed by atoms with E-state index in [0.717, 1.165) is 38.5 Å². The van der Waals surface area contributed by atoms with E-state index in [9.17, 15) is 0 Å². The molecule has 0 nitrogen and oxygen atoms in total. The fraction of sp³-hybridized carbons (Fsp3) is 0.556. The van der Waals surface area contributed by atoms with E-state index in [1.54, 1.807) is 46.7 Å². The van der Waals surface area contributed by atoms with Crippen LogP contribution in [0.4, 0.5) is 0 Å². The second-order valence-electron chi connectivity index (χ2n) is 10.8. The van der Waals surface area contributed by atoms with E-state index >= 15 is 0 Å². The molecule has 0 unspecified atom stereocenters. The SMILES string of the molecule is CC1=[C-]CC(C)=C1.CC1=[C-]CC(C)=C1.CCC1=[C-]CC(CC)=C1.CCC1=[C-]CC(CC)=C1.C[Si](C)=[Zr+2].C[Si](C)=[Zr+2].[Cl-].[Cl-]. The van der Waals surface area contributed by atoms with Crippen molar-refractivity contribution in [2.24, 2.45) is 0 Å². The maximum absolute atomic E-state index is 3.33. The average molecular weight is 798 g/mol. The number of hydrogen-bond acceptors (Lipinski definition) is 0. The Bertz CT molecular complexity index is 960. The summed E-state index contributed by atoms with van der Waals surface area (Å²) in [5, 5.41) is 0. The van der Waals surface area contributed by atoms with Gasteiger partial charge in [-0.3, -0.25) is 24.3 Å². The van der Waals surface area contributed by atoms with Crippen molar-refractivity contribution >= 4 is 10.9 Å². The molecule has 0 radical (unpaired) electrons. The van der Waals surface area contributed by atoms with E-state index < -0.39 is 0 Å². The van der Waals surface area contributed by atoms with Crippen LogP contribution in [0.2, 0.25) is 26.2 Å². The monoisotopic (exact) mass is 794 g/mol. The van der Waals surface area contributed by atoms with Gasteiger partial charge >= 0.3 is 83.7 Å². The van der Waals surface area contributed by atoms with Crippen LogP contribution >= 0.6 is 0 Å². The summed E-state index contributed by atoms with van der Waals surface area (Å²) < 4.78 is 0. The Labute approximate surface area is 305 Å². The van der Waals surface area contributed by atoms with Gasteiger partial charge in [0.2, 0.25) is 0 Å². The fourth-order valence-corrected chi connectivity index (χ4v) is 3.56. The summed E-state index contributed by atoms with van der Waals surface area (Å²) in [5.74, 6) is 0. The molecule has 0 heterocycles. The second kappa shape index (κ2) is 31.7. The topological polar surface area (TPSA) is 0 Å². The molecule has 0 spiro atoms. The first-order chi connectivity index (χ1) is 18.8. The minimum atomic E-state index is 0. The van der Waals surface area contributed by atoms with Gasteiger partial charge in [-0.25, -0.2) is 46.6 Å². The van der Waals surface area contributed by atoms with Crippen LogP contribution in [0.3, 0.4) is 0 Å². The van der Waals surface area contributed by atoms with Crippen molar-refractivity contribution in [3.63, 3.8) is 0 Å². The van der Waals surface area contributed by atoms with E-state index in [2.05, 4.69) is 130 Å². The third kappa shape index (κ3) is 32.1. The third-order valence-electron chi connectivity index (χ3n) is 5.73. The third-order valence-corrected chi connectivity index (χ3v) is 5.73. The van der Waals surface area contributed by atoms with Crippen molar-refractivity contribution in [1.82, 2.24) is 0 Å². The maximum Gasteiger partial charge on any atom is -1.00 e. The van der Waals surface area contributed by atoms with Crippen molar-refractivity contribution in [2.75, 3.05) is 0 Å². The minimum Gasteiger partial charge on any atom is -1.00 e. The molecule has 4 aliphatic carbocycles. The van der Waals surface area contributed by atoms with Crippen molar-refractivity contribution in [3.05, 3.63) is 93.2 Å². The van der Waals surface area contributed by atoms with Gasteiger partial charge in [-0.2, -0.15) is 22.3 Å². The van der Waals surface area contributed by atoms with Crippen molar-refractivity contribution in [2.45, 2.75) is 133 Å². The molecule has 0 aromatic carbocycles. The molecule has 0 amide bonds. The number of hydrogen-bond donors (Lipinski definition) is 0. The van der Waals surface area contributed by atoms with Crippen LogP contribution < -0.4 is 24.8 Å². The van der Waals surface area contributed by atoms with Crippen molar-refractivity contribution in [3.8, 4) is 0 Å². The van der Waals surface area contributed by atoms with E-state index in [1.807, 2.05) is 0 Å². The normalized spacial score (nSPS) is 15.2. The number of allylic oxidation sites excluding steroid dienone is 16. The zero-order chi connectivity index (χ0) is 31.1. The van der Waals surface area contributed by atoms with Gasteiger partial charge in [-0.15, -0.1) is 25.7 Å². The number of halogens is 2. The summed E-state index contributed by atoms with van der Waals surface area (Å²) in [5.41, 5.74) is 11.7. The Hall–Kier alpha value is 0.700. The van der Waals surface area contributed by atoms with Crippen LogP contribution in [-0.4, -0.2) is 10.9 Å². The molecular formula is C36H56Cl2Si2Zr2-2. The van der Waals surface area contributed by atoms with E-state index in [4.69, 9.17) is 0 Å². The van der Waals surface area contributed by atoms with Gasteiger partial charge < -0.3 is 24.8 Å². The van der Waals surface area contributed by atoms with Crippen LogP contribution in [0.5, 0.6) is 0 Å². The van der Waals surface area contributed by atoms with Gasteiger partial charge in [-0.05, 0) is 0 Å². The molecule has 0 N–H and O–H groups in total. The molecular weight excluding hydrogens is 742 g/mol. The molecule has 42 heavy (non-hydrogen) atoms. The maximum atomic E-state index is 3.33. The quantitative estimate of drug-likeness (QED) is 0.262. The first kappa shape index (κ1) is 49.6. The van der Waals surface area contributed by atoms with Crippen molar-refractivity contribution in [1.29, 1.82) is 0 Å². The molecule has 0 saturated carbocycles. The van der Waals surface area contributed by atoms with Crippen molar-refractivity contribution < 1.29 is 71.5 Å². The van der Waals surface area contributed by atoms with Gasteiger partial charge in [0.25, 0.3) is 0 Å². The Balaban J connectivity index is -0.000000210. The fourth-order valence-electron chi connectivity index (χ4n) is 3.56. The molecule has 232 valence electrons. The molecule has 0 fully saturated rings. The Morgan fingerprint density at radius 2 is 0.810 bits per heavy atom. The second-order valence-corrected chi connectivity index (χ2v) is 29.6. The zero-order valence-electron chi connectivity index (χ0n) is 28.7. The van der Waals surface area contributed by atoms with Crippen LogP contribution in [0, 0.1) is 24.3 Å². The average Bonchev–Trinajstić information content (AvgIpc) is 3.68. The van der Waals surface area contributed by atoms with Gasteiger partial charge in [0.1, 0.15) is 0 Å². The summed E-state index contributed by atoms with van der Waals surface area (Å²) in [7, 11) is 0. The standard InChI is InChI=1S/2C9H13.2C7H9.2C2H6Si.2ClH.2Zr/c2*1-3-8-5-6-9(4-2)7-8;2*1-6-3-4-7(2)5-6;2*1-3-2;;;;/h2*7H,3-5H2,1-2H3;2*5H,3H2,1-2H3;2*1-2H3;2*1H;;/q4*-1;;;;;2*+2/p-2. The van der Waals surface area contributed by atoms with Crippen LogP contribution in [-0.2, 0) is 46.7 Å². The zero-order valence-corrected chi connectivity index (χ0v) is 37.2. The molecule has 0 aromatic rings. The predicted octanol–water partition coefficient (Wildman–Crippen LogP) is 5.48. The molecule has 0 saturated heterocycles. The largest absolute Gasteiger partial charge is 1.00 e. The van der Waals surface area contributed by atoms with Gasteiger partial charge in [0.15, 0.2) is 0 Å². The number of rotatable bonds is 4. The molecule has 4 aliphatic rings. The van der Waals surface area contributed by atoms with E-state index in [-0.39, 0.29) is 35.7 Å². The Morgan fingerprint density at radius 3 is 0.905 bits per heavy atom. The van der Waals surface area contributed by atoms with Gasteiger partial charge in [-0.1, -0.05) is 81.1 Å². The summed E-state index contributed by atoms with van der Waals surface area (Å²) >= 11 is 3.48. The molecule has 6 heteroatoms. The predicted molar refractivity (Wildman–Crippen MR) is 177 cm³/mol. The summed E-state index contributed by atoms with van der Waals surface area (Å²) in [6, 6.07) is 0. The first-order valence-electron chi connectivity index (χ1n) is 14.9. The minimum absolute atomic E-state index is 0. The molecule has 0 bridgehead atoms. The van der Waals surface area contributed by atoms with Crippen LogP contribution in [0.15, 0.2) is 68.9 Å². The van der Waals surface area contributed by atoms with Crippen LogP contribution in [0.25, 0.3) is 0 Å². The Morgan fingerprint density at radius 1 is 0.524 bits per heavy atom. The summed E-state index contributed by atoms with van der Waals surface area (Å²) in [6.45, 7) is 26.4. The molecule has 0 atom stereocenters. The molecule has 0 aromatic heterocycles. The van der Waals surface area contributed by atoms with Gasteiger partial charge in [0, 0.05) is 0 Å². The molecule has 0 aliphatic heterocycles. The smallest absolute Gasteiger partial charge is 1.00 e. The summed E-state index contributed by atoms with van der Waals surface area (Å²) in [4.78, 5) is 0. The Kier molecular flexibility index (Phi) is 37.4.